The molecule has 0 unspecified atom stereocenters. The minimum atomic E-state index is -0.529. The second-order valence-corrected chi connectivity index (χ2v) is 5.19. The van der Waals surface area contributed by atoms with Crippen LogP contribution in [0.2, 0.25) is 5.02 Å². The highest BCUT2D eigenvalue weighted by molar-refractivity contribution is 9.10. The van der Waals surface area contributed by atoms with E-state index in [4.69, 9.17) is 16.3 Å². The molecule has 0 aliphatic heterocycles. The van der Waals surface area contributed by atoms with Crippen molar-refractivity contribution < 1.29 is 14.1 Å². The van der Waals surface area contributed by atoms with E-state index in [2.05, 4.69) is 15.9 Å². The van der Waals surface area contributed by atoms with Crippen LogP contribution in [0.4, 0.5) is 10.1 Å². The summed E-state index contributed by atoms with van der Waals surface area (Å²) in [6.45, 7) is -0.0772. The number of ether oxygens (including phenoxy) is 1. The van der Waals surface area contributed by atoms with Crippen LogP contribution in [-0.4, -0.2) is 4.92 Å². The molecule has 0 fully saturated rings. The van der Waals surface area contributed by atoms with Gasteiger partial charge in [-0.05, 0) is 40.2 Å². The number of nitro benzene ring substituents is 1. The van der Waals surface area contributed by atoms with E-state index < -0.39 is 10.7 Å². The molecular weight excluding hydrogens is 353 g/mol. The Hall–Kier alpha value is -1.66. The van der Waals surface area contributed by atoms with Gasteiger partial charge in [-0.3, -0.25) is 10.1 Å². The molecule has 0 aliphatic carbocycles. The number of benzene rings is 2. The van der Waals surface area contributed by atoms with Crippen molar-refractivity contribution in [1.29, 1.82) is 0 Å². The highest BCUT2D eigenvalue weighted by Gasteiger charge is 2.11. The van der Waals surface area contributed by atoms with Crippen molar-refractivity contribution in [2.24, 2.45) is 0 Å². The Morgan fingerprint density at radius 1 is 1.30 bits per heavy atom. The van der Waals surface area contributed by atoms with Crippen LogP contribution >= 0.6 is 27.5 Å². The van der Waals surface area contributed by atoms with Crippen molar-refractivity contribution >= 4 is 33.2 Å². The van der Waals surface area contributed by atoms with Crippen molar-refractivity contribution in [2.75, 3.05) is 0 Å². The Morgan fingerprint density at radius 3 is 2.75 bits per heavy atom. The number of nitro groups is 1. The Labute approximate surface area is 127 Å². The molecule has 0 saturated carbocycles. The molecule has 0 amide bonds. The second-order valence-electron chi connectivity index (χ2n) is 3.90. The zero-order chi connectivity index (χ0) is 14.7. The maximum Gasteiger partial charge on any atom is 0.273 e. The average Bonchev–Trinajstić information content (AvgIpc) is 2.41. The van der Waals surface area contributed by atoms with E-state index in [1.165, 1.54) is 36.4 Å². The van der Waals surface area contributed by atoms with Gasteiger partial charge in [-0.2, -0.15) is 0 Å². The van der Waals surface area contributed by atoms with E-state index in [0.29, 0.717) is 9.50 Å². The number of hydrogen-bond donors (Lipinski definition) is 0. The number of nitrogens with zero attached hydrogens (tertiary/aromatic N) is 1. The van der Waals surface area contributed by atoms with Crippen molar-refractivity contribution in [1.82, 2.24) is 0 Å². The first-order chi connectivity index (χ1) is 9.47. The fourth-order valence-corrected chi connectivity index (χ4v) is 2.08. The molecule has 4 nitrogen and oxygen atoms in total. The van der Waals surface area contributed by atoms with Gasteiger partial charge < -0.3 is 4.74 Å². The van der Waals surface area contributed by atoms with Gasteiger partial charge in [-0.25, -0.2) is 4.39 Å². The summed E-state index contributed by atoms with van der Waals surface area (Å²) < 4.78 is 19.5. The molecule has 0 N–H and O–H groups in total. The van der Waals surface area contributed by atoms with Crippen molar-refractivity contribution in [2.45, 2.75) is 6.61 Å². The van der Waals surface area contributed by atoms with E-state index in [-0.39, 0.29) is 23.6 Å². The molecular formula is C13H8BrClFNO3. The van der Waals surface area contributed by atoms with Gasteiger partial charge in [0.05, 0.1) is 15.5 Å². The molecule has 0 aliphatic rings. The topological polar surface area (TPSA) is 52.4 Å². The highest BCUT2D eigenvalue weighted by Crippen LogP contribution is 2.30. The number of halogens is 3. The number of rotatable bonds is 4. The SMILES string of the molecule is O=[N+]([O-])c1ccc(Br)c(OCc2cc(Cl)ccc2F)c1. The predicted octanol–water partition coefficient (Wildman–Crippen LogP) is 4.73. The van der Waals surface area contributed by atoms with Crippen LogP contribution in [0.25, 0.3) is 0 Å². The lowest BCUT2D eigenvalue weighted by atomic mass is 10.2. The molecule has 0 spiro atoms. The van der Waals surface area contributed by atoms with E-state index in [1.54, 1.807) is 0 Å². The lowest BCUT2D eigenvalue weighted by Gasteiger charge is -2.09. The van der Waals surface area contributed by atoms with Crippen LogP contribution in [0.3, 0.4) is 0 Å². The fourth-order valence-electron chi connectivity index (χ4n) is 1.53. The summed E-state index contributed by atoms with van der Waals surface area (Å²) in [6, 6.07) is 8.24. The summed E-state index contributed by atoms with van der Waals surface area (Å²) in [6.07, 6.45) is 0. The summed E-state index contributed by atoms with van der Waals surface area (Å²) in [5.41, 5.74) is 0.172. The first-order valence-corrected chi connectivity index (χ1v) is 6.65. The zero-order valence-electron chi connectivity index (χ0n) is 9.98. The molecule has 2 aromatic carbocycles. The van der Waals surface area contributed by atoms with Crippen LogP contribution in [0.5, 0.6) is 5.75 Å². The van der Waals surface area contributed by atoms with Crippen LogP contribution < -0.4 is 4.74 Å². The van der Waals surface area contributed by atoms with Gasteiger partial charge in [-0.1, -0.05) is 11.6 Å². The molecule has 0 radical (unpaired) electrons. The molecule has 20 heavy (non-hydrogen) atoms. The van der Waals surface area contributed by atoms with E-state index in [1.807, 2.05) is 0 Å². The summed E-state index contributed by atoms with van der Waals surface area (Å²) in [5.74, 6) is -0.186. The van der Waals surface area contributed by atoms with Crippen LogP contribution in [-0.2, 0) is 6.61 Å². The minimum absolute atomic E-state index is 0.0772. The van der Waals surface area contributed by atoms with Crippen LogP contribution in [0, 0.1) is 15.9 Å². The lowest BCUT2D eigenvalue weighted by molar-refractivity contribution is -0.385. The van der Waals surface area contributed by atoms with Gasteiger partial charge in [0.1, 0.15) is 18.2 Å². The molecule has 104 valence electrons. The van der Waals surface area contributed by atoms with Gasteiger partial charge in [-0.15, -0.1) is 0 Å². The molecule has 0 atom stereocenters. The first-order valence-electron chi connectivity index (χ1n) is 5.48. The quantitative estimate of drug-likeness (QED) is 0.585. The minimum Gasteiger partial charge on any atom is -0.487 e. The Bertz CT molecular complexity index is 666. The normalized spacial score (nSPS) is 10.3. The third kappa shape index (κ3) is 3.46. The molecule has 2 aromatic rings. The van der Waals surface area contributed by atoms with E-state index in [0.717, 1.165) is 0 Å². The van der Waals surface area contributed by atoms with Gasteiger partial charge in [0.25, 0.3) is 5.69 Å². The molecule has 7 heteroatoms. The van der Waals surface area contributed by atoms with Crippen molar-refractivity contribution in [3.05, 3.63) is 67.4 Å². The third-order valence-electron chi connectivity index (χ3n) is 2.52. The number of non-ortho nitro benzene ring substituents is 1. The van der Waals surface area contributed by atoms with Crippen LogP contribution in [0.15, 0.2) is 40.9 Å². The smallest absolute Gasteiger partial charge is 0.273 e. The van der Waals surface area contributed by atoms with E-state index in [9.17, 15) is 14.5 Å². The Balaban J connectivity index is 2.20. The molecule has 0 aromatic heterocycles. The molecule has 0 heterocycles. The van der Waals surface area contributed by atoms with Gasteiger partial charge in [0.2, 0.25) is 0 Å². The first kappa shape index (κ1) is 14.7. The van der Waals surface area contributed by atoms with Gasteiger partial charge in [0, 0.05) is 16.7 Å². The highest BCUT2D eigenvalue weighted by atomic mass is 79.9. The monoisotopic (exact) mass is 359 g/mol. The largest absolute Gasteiger partial charge is 0.487 e. The average molecular weight is 361 g/mol. The summed E-state index contributed by atoms with van der Waals surface area (Å²) in [7, 11) is 0. The Kier molecular flexibility index (Phi) is 4.57. The molecule has 2 rings (SSSR count). The summed E-state index contributed by atoms with van der Waals surface area (Å²) in [5, 5.41) is 11.1. The van der Waals surface area contributed by atoms with Gasteiger partial charge >= 0.3 is 0 Å². The standard InChI is InChI=1S/C13H8BrClFNO3/c14-11-3-2-10(17(18)19)6-13(11)20-7-8-5-9(15)1-4-12(8)16/h1-6H,7H2. The summed E-state index contributed by atoms with van der Waals surface area (Å²) in [4.78, 5) is 10.2. The van der Waals surface area contributed by atoms with Crippen molar-refractivity contribution in [3.8, 4) is 5.75 Å². The Morgan fingerprint density at radius 2 is 2.05 bits per heavy atom. The molecule has 0 bridgehead atoms. The third-order valence-corrected chi connectivity index (χ3v) is 3.41. The maximum atomic E-state index is 13.5. The van der Waals surface area contributed by atoms with E-state index >= 15 is 0 Å². The van der Waals surface area contributed by atoms with Crippen molar-refractivity contribution in [3.63, 3.8) is 0 Å². The fraction of sp³-hybridized carbons (Fsp3) is 0.0769. The molecule has 0 saturated heterocycles. The predicted molar refractivity (Wildman–Crippen MR) is 76.5 cm³/mol. The maximum absolute atomic E-state index is 13.5. The van der Waals surface area contributed by atoms with Crippen LogP contribution in [0.1, 0.15) is 5.56 Å². The van der Waals surface area contributed by atoms with Gasteiger partial charge in [0.15, 0.2) is 0 Å². The zero-order valence-corrected chi connectivity index (χ0v) is 12.3. The second kappa shape index (κ2) is 6.19. The lowest BCUT2D eigenvalue weighted by Crippen LogP contribution is -1.99. The number of hydrogen-bond acceptors (Lipinski definition) is 3. The summed E-state index contributed by atoms with van der Waals surface area (Å²) >= 11 is 8.99.